The number of carboxylic acids is 1. The number of H-pyrrole nitrogens is 1. The molecule has 0 bridgehead atoms. The summed E-state index contributed by atoms with van der Waals surface area (Å²) in [5, 5.41) is 11.2. The maximum absolute atomic E-state index is 10.7. The fourth-order valence-electron chi connectivity index (χ4n) is 2.38. The topological polar surface area (TPSA) is 66.0 Å². The lowest BCUT2D eigenvalue weighted by Gasteiger charge is -2.04. The molecular formula is C16H14N2O2. The van der Waals surface area contributed by atoms with Crippen LogP contribution < -0.4 is 0 Å². The van der Waals surface area contributed by atoms with Crippen LogP contribution in [0.3, 0.4) is 0 Å². The Morgan fingerprint density at radius 3 is 2.80 bits per heavy atom. The molecule has 1 aromatic heterocycles. The SMILES string of the molecule is O=C(O)Cc1cnc(Cc2cccc3ccccc23)[nH]1. The van der Waals surface area contributed by atoms with E-state index in [9.17, 15) is 4.79 Å². The Bertz CT molecular complexity index is 757. The van der Waals surface area contributed by atoms with Gasteiger partial charge >= 0.3 is 5.97 Å². The smallest absolute Gasteiger partial charge is 0.309 e. The van der Waals surface area contributed by atoms with E-state index in [0.29, 0.717) is 12.1 Å². The van der Waals surface area contributed by atoms with Crippen LogP contribution in [-0.4, -0.2) is 21.0 Å². The summed E-state index contributed by atoms with van der Waals surface area (Å²) in [6.07, 6.45) is 2.23. The molecule has 2 aromatic carbocycles. The Labute approximate surface area is 116 Å². The molecule has 0 aliphatic rings. The van der Waals surface area contributed by atoms with Crippen molar-refractivity contribution in [2.75, 3.05) is 0 Å². The molecule has 1 heterocycles. The van der Waals surface area contributed by atoms with E-state index in [1.54, 1.807) is 6.20 Å². The number of aromatic amines is 1. The van der Waals surface area contributed by atoms with Gasteiger partial charge in [0.2, 0.25) is 0 Å². The second-order valence-electron chi connectivity index (χ2n) is 4.74. The minimum Gasteiger partial charge on any atom is -0.481 e. The van der Waals surface area contributed by atoms with Crippen molar-refractivity contribution >= 4 is 16.7 Å². The van der Waals surface area contributed by atoms with E-state index in [-0.39, 0.29) is 6.42 Å². The van der Waals surface area contributed by atoms with E-state index in [4.69, 9.17) is 5.11 Å². The third kappa shape index (κ3) is 2.54. The number of carbonyl (C=O) groups is 1. The minimum absolute atomic E-state index is 0.0253. The van der Waals surface area contributed by atoms with Crippen LogP contribution in [0.15, 0.2) is 48.7 Å². The molecule has 2 N–H and O–H groups in total. The summed E-state index contributed by atoms with van der Waals surface area (Å²) in [5.74, 6) is -0.0667. The number of hydrogen-bond acceptors (Lipinski definition) is 2. The van der Waals surface area contributed by atoms with Gasteiger partial charge in [-0.3, -0.25) is 4.79 Å². The first-order valence-corrected chi connectivity index (χ1v) is 6.43. The van der Waals surface area contributed by atoms with E-state index in [2.05, 4.69) is 34.2 Å². The molecule has 0 atom stereocenters. The average molecular weight is 266 g/mol. The fraction of sp³-hybridized carbons (Fsp3) is 0.125. The van der Waals surface area contributed by atoms with Crippen LogP contribution in [0.2, 0.25) is 0 Å². The first kappa shape index (κ1) is 12.4. The van der Waals surface area contributed by atoms with Crippen LogP contribution in [0.4, 0.5) is 0 Å². The van der Waals surface area contributed by atoms with E-state index in [1.165, 1.54) is 16.3 Å². The number of rotatable bonds is 4. The van der Waals surface area contributed by atoms with Gasteiger partial charge in [-0.2, -0.15) is 0 Å². The van der Waals surface area contributed by atoms with Crippen molar-refractivity contribution in [3.8, 4) is 0 Å². The predicted octanol–water partition coefficient (Wildman–Crippen LogP) is 2.78. The quantitative estimate of drug-likeness (QED) is 0.763. The number of carboxylic acid groups (broad SMARTS) is 1. The number of aliphatic carboxylic acids is 1. The molecule has 0 amide bonds. The Morgan fingerprint density at radius 2 is 1.95 bits per heavy atom. The molecule has 100 valence electrons. The number of fused-ring (bicyclic) bond motifs is 1. The maximum Gasteiger partial charge on any atom is 0.309 e. The van der Waals surface area contributed by atoms with Gasteiger partial charge in [0.25, 0.3) is 0 Å². The molecule has 0 unspecified atom stereocenters. The Morgan fingerprint density at radius 1 is 1.15 bits per heavy atom. The van der Waals surface area contributed by atoms with E-state index in [0.717, 1.165) is 5.82 Å². The summed E-state index contributed by atoms with van der Waals surface area (Å²) in [5.41, 5.74) is 1.81. The Kier molecular flexibility index (Phi) is 3.21. The second-order valence-corrected chi connectivity index (χ2v) is 4.74. The third-order valence-electron chi connectivity index (χ3n) is 3.26. The van der Waals surface area contributed by atoms with Crippen molar-refractivity contribution in [1.82, 2.24) is 9.97 Å². The molecule has 0 saturated heterocycles. The molecule has 0 saturated carbocycles. The lowest BCUT2D eigenvalue weighted by Crippen LogP contribution is -2.00. The highest BCUT2D eigenvalue weighted by Crippen LogP contribution is 2.20. The molecule has 0 fully saturated rings. The molecule has 0 aliphatic carbocycles. The van der Waals surface area contributed by atoms with Gasteiger partial charge < -0.3 is 10.1 Å². The maximum atomic E-state index is 10.7. The summed E-state index contributed by atoms with van der Waals surface area (Å²) < 4.78 is 0. The molecular weight excluding hydrogens is 252 g/mol. The van der Waals surface area contributed by atoms with Crippen LogP contribution >= 0.6 is 0 Å². The van der Waals surface area contributed by atoms with Gasteiger partial charge in [0.05, 0.1) is 6.42 Å². The van der Waals surface area contributed by atoms with Gasteiger partial charge in [-0.05, 0) is 16.3 Å². The summed E-state index contributed by atoms with van der Waals surface area (Å²) in [4.78, 5) is 18.0. The Hall–Kier alpha value is -2.62. The van der Waals surface area contributed by atoms with E-state index in [1.807, 2.05) is 18.2 Å². The molecule has 0 radical (unpaired) electrons. The largest absolute Gasteiger partial charge is 0.481 e. The number of benzene rings is 2. The minimum atomic E-state index is -0.856. The van der Waals surface area contributed by atoms with Crippen LogP contribution in [0.25, 0.3) is 10.8 Å². The first-order valence-electron chi connectivity index (χ1n) is 6.43. The Balaban J connectivity index is 1.89. The molecule has 3 rings (SSSR count). The zero-order valence-corrected chi connectivity index (χ0v) is 10.8. The zero-order chi connectivity index (χ0) is 13.9. The number of hydrogen-bond donors (Lipinski definition) is 2. The summed E-state index contributed by atoms with van der Waals surface area (Å²) in [6.45, 7) is 0. The molecule has 0 aliphatic heterocycles. The van der Waals surface area contributed by atoms with Crippen molar-refractivity contribution in [2.24, 2.45) is 0 Å². The highest BCUT2D eigenvalue weighted by molar-refractivity contribution is 5.85. The lowest BCUT2D eigenvalue weighted by molar-refractivity contribution is -0.136. The molecule has 4 nitrogen and oxygen atoms in total. The molecule has 4 heteroatoms. The van der Waals surface area contributed by atoms with Crippen LogP contribution in [0, 0.1) is 0 Å². The fourth-order valence-corrected chi connectivity index (χ4v) is 2.38. The van der Waals surface area contributed by atoms with Crippen LogP contribution in [0.1, 0.15) is 17.1 Å². The van der Waals surface area contributed by atoms with Crippen molar-refractivity contribution in [3.63, 3.8) is 0 Å². The highest BCUT2D eigenvalue weighted by atomic mass is 16.4. The average Bonchev–Trinajstić information content (AvgIpc) is 2.86. The van der Waals surface area contributed by atoms with Gasteiger partial charge in [0.15, 0.2) is 0 Å². The second kappa shape index (κ2) is 5.17. The van der Waals surface area contributed by atoms with Crippen LogP contribution in [0.5, 0.6) is 0 Å². The molecule has 20 heavy (non-hydrogen) atoms. The van der Waals surface area contributed by atoms with Gasteiger partial charge in [-0.25, -0.2) is 4.98 Å². The third-order valence-corrected chi connectivity index (χ3v) is 3.26. The van der Waals surface area contributed by atoms with Crippen molar-refractivity contribution < 1.29 is 9.90 Å². The van der Waals surface area contributed by atoms with Crippen LogP contribution in [-0.2, 0) is 17.6 Å². The number of nitrogens with one attached hydrogen (secondary N) is 1. The highest BCUT2D eigenvalue weighted by Gasteiger charge is 2.07. The molecule has 3 aromatic rings. The summed E-state index contributed by atoms with van der Waals surface area (Å²) >= 11 is 0. The van der Waals surface area contributed by atoms with E-state index < -0.39 is 5.97 Å². The van der Waals surface area contributed by atoms with Crippen molar-refractivity contribution in [3.05, 3.63) is 65.7 Å². The van der Waals surface area contributed by atoms with Gasteiger partial charge in [-0.15, -0.1) is 0 Å². The molecule has 0 spiro atoms. The van der Waals surface area contributed by atoms with E-state index >= 15 is 0 Å². The van der Waals surface area contributed by atoms with Crippen molar-refractivity contribution in [1.29, 1.82) is 0 Å². The van der Waals surface area contributed by atoms with Crippen molar-refractivity contribution in [2.45, 2.75) is 12.8 Å². The number of nitrogens with zero attached hydrogens (tertiary/aromatic N) is 1. The number of aromatic nitrogens is 2. The monoisotopic (exact) mass is 266 g/mol. The summed E-state index contributed by atoms with van der Waals surface area (Å²) in [7, 11) is 0. The normalized spacial score (nSPS) is 10.8. The van der Waals surface area contributed by atoms with Gasteiger partial charge in [0, 0.05) is 18.3 Å². The number of imidazole rings is 1. The van der Waals surface area contributed by atoms with Gasteiger partial charge in [0.1, 0.15) is 5.82 Å². The predicted molar refractivity (Wildman–Crippen MR) is 76.7 cm³/mol. The first-order chi connectivity index (χ1) is 9.72. The van der Waals surface area contributed by atoms with Gasteiger partial charge in [-0.1, -0.05) is 42.5 Å². The summed E-state index contributed by atoms with van der Waals surface area (Å²) in [6, 6.07) is 14.4. The zero-order valence-electron chi connectivity index (χ0n) is 10.8. The lowest BCUT2D eigenvalue weighted by atomic mass is 10.0. The standard InChI is InChI=1S/C16H14N2O2/c19-16(20)9-13-10-17-15(18-13)8-12-6-3-5-11-4-1-2-7-14(11)12/h1-7,10H,8-9H2,(H,17,18)(H,19,20).